The van der Waals surface area contributed by atoms with Gasteiger partial charge in [0.05, 0.1) is 6.42 Å². The zero-order chi connectivity index (χ0) is 14.7. The van der Waals surface area contributed by atoms with Crippen LogP contribution in [0, 0.1) is 6.92 Å². The van der Waals surface area contributed by atoms with Gasteiger partial charge >= 0.3 is 0 Å². The van der Waals surface area contributed by atoms with Crippen LogP contribution in [0.25, 0.3) is 0 Å². The van der Waals surface area contributed by atoms with Crippen LogP contribution in [0.15, 0.2) is 53.1 Å². The SMILES string of the molecule is Cc1cccc(Cc2noc(Cc3ccccc3N)n2)c1. The van der Waals surface area contributed by atoms with E-state index in [2.05, 4.69) is 35.3 Å². The van der Waals surface area contributed by atoms with Crippen LogP contribution in [0.4, 0.5) is 5.69 Å². The molecule has 0 aliphatic carbocycles. The molecule has 0 unspecified atom stereocenters. The van der Waals surface area contributed by atoms with E-state index in [9.17, 15) is 0 Å². The lowest BCUT2D eigenvalue weighted by Crippen LogP contribution is -1.96. The molecule has 106 valence electrons. The van der Waals surface area contributed by atoms with Crippen LogP contribution in [-0.2, 0) is 12.8 Å². The first-order chi connectivity index (χ1) is 10.2. The van der Waals surface area contributed by atoms with Crippen LogP contribution in [0.1, 0.15) is 28.4 Å². The minimum atomic E-state index is 0.563. The first kappa shape index (κ1) is 13.4. The van der Waals surface area contributed by atoms with E-state index in [1.165, 1.54) is 11.1 Å². The molecule has 2 N–H and O–H groups in total. The molecule has 0 spiro atoms. The molecule has 0 fully saturated rings. The van der Waals surface area contributed by atoms with Gasteiger partial charge in [-0.05, 0) is 24.1 Å². The Bertz CT molecular complexity index is 749. The van der Waals surface area contributed by atoms with Crippen molar-refractivity contribution < 1.29 is 4.52 Å². The zero-order valence-corrected chi connectivity index (χ0v) is 11.9. The number of para-hydroxylation sites is 1. The fourth-order valence-electron chi connectivity index (χ4n) is 2.30. The molecular weight excluding hydrogens is 262 g/mol. The molecule has 0 amide bonds. The average molecular weight is 279 g/mol. The van der Waals surface area contributed by atoms with Crippen molar-refractivity contribution in [3.63, 3.8) is 0 Å². The Morgan fingerprint density at radius 3 is 2.71 bits per heavy atom. The number of hydrogen-bond donors (Lipinski definition) is 1. The zero-order valence-electron chi connectivity index (χ0n) is 11.9. The molecule has 1 aromatic heterocycles. The maximum absolute atomic E-state index is 5.93. The first-order valence-electron chi connectivity index (χ1n) is 6.91. The lowest BCUT2D eigenvalue weighted by molar-refractivity contribution is 0.380. The van der Waals surface area contributed by atoms with E-state index in [1.54, 1.807) is 0 Å². The molecule has 21 heavy (non-hydrogen) atoms. The van der Waals surface area contributed by atoms with E-state index in [4.69, 9.17) is 10.3 Å². The standard InChI is InChI=1S/C17H17N3O/c1-12-5-4-6-13(9-12)10-16-19-17(21-20-16)11-14-7-2-3-8-15(14)18/h2-9H,10-11,18H2,1H3. The second-order valence-electron chi connectivity index (χ2n) is 5.15. The molecular formula is C17H17N3O. The van der Waals surface area contributed by atoms with Gasteiger partial charge in [0.1, 0.15) is 0 Å². The highest BCUT2D eigenvalue weighted by molar-refractivity contribution is 5.47. The van der Waals surface area contributed by atoms with Gasteiger partial charge in [-0.3, -0.25) is 0 Å². The van der Waals surface area contributed by atoms with Crippen molar-refractivity contribution in [3.8, 4) is 0 Å². The van der Waals surface area contributed by atoms with E-state index in [1.807, 2.05) is 30.3 Å². The number of rotatable bonds is 4. The number of hydrogen-bond acceptors (Lipinski definition) is 4. The van der Waals surface area contributed by atoms with Gasteiger partial charge in [-0.2, -0.15) is 4.98 Å². The Balaban J connectivity index is 1.73. The van der Waals surface area contributed by atoms with Gasteiger partial charge in [0.25, 0.3) is 0 Å². The Kier molecular flexibility index (Phi) is 3.69. The van der Waals surface area contributed by atoms with Crippen molar-refractivity contribution in [2.45, 2.75) is 19.8 Å². The third-order valence-corrected chi connectivity index (χ3v) is 3.35. The molecule has 0 aliphatic rings. The topological polar surface area (TPSA) is 64.9 Å². The van der Waals surface area contributed by atoms with E-state index >= 15 is 0 Å². The van der Waals surface area contributed by atoms with Crippen LogP contribution in [0.3, 0.4) is 0 Å². The molecule has 4 nitrogen and oxygen atoms in total. The third kappa shape index (κ3) is 3.28. The van der Waals surface area contributed by atoms with Crippen LogP contribution in [-0.4, -0.2) is 10.1 Å². The predicted octanol–water partition coefficient (Wildman–Crippen LogP) is 3.14. The van der Waals surface area contributed by atoms with E-state index in [0.717, 1.165) is 11.3 Å². The largest absolute Gasteiger partial charge is 0.398 e. The minimum Gasteiger partial charge on any atom is -0.398 e. The number of nitrogens with two attached hydrogens (primary N) is 1. The van der Waals surface area contributed by atoms with Crippen molar-refractivity contribution >= 4 is 5.69 Å². The number of nitrogens with zero attached hydrogens (tertiary/aromatic N) is 2. The van der Waals surface area contributed by atoms with Crippen molar-refractivity contribution in [2.24, 2.45) is 0 Å². The van der Waals surface area contributed by atoms with Crippen molar-refractivity contribution in [2.75, 3.05) is 5.73 Å². The summed E-state index contributed by atoms with van der Waals surface area (Å²) in [4.78, 5) is 4.44. The summed E-state index contributed by atoms with van der Waals surface area (Å²) in [6, 6.07) is 16.0. The summed E-state index contributed by atoms with van der Waals surface area (Å²) in [6.07, 6.45) is 1.24. The minimum absolute atomic E-state index is 0.563. The number of benzene rings is 2. The predicted molar refractivity (Wildman–Crippen MR) is 81.9 cm³/mol. The molecule has 0 atom stereocenters. The first-order valence-corrected chi connectivity index (χ1v) is 6.91. The normalized spacial score (nSPS) is 10.7. The maximum Gasteiger partial charge on any atom is 0.231 e. The molecule has 0 bridgehead atoms. The molecule has 2 aromatic carbocycles. The second-order valence-corrected chi connectivity index (χ2v) is 5.15. The van der Waals surface area contributed by atoms with E-state index in [0.29, 0.717) is 24.6 Å². The molecule has 1 heterocycles. The van der Waals surface area contributed by atoms with E-state index in [-0.39, 0.29) is 0 Å². The van der Waals surface area contributed by atoms with Crippen molar-refractivity contribution in [1.29, 1.82) is 0 Å². The lowest BCUT2D eigenvalue weighted by Gasteiger charge is -2.00. The Hall–Kier alpha value is -2.62. The summed E-state index contributed by atoms with van der Waals surface area (Å²) < 4.78 is 5.31. The second kappa shape index (κ2) is 5.79. The molecule has 0 saturated carbocycles. The monoisotopic (exact) mass is 279 g/mol. The van der Waals surface area contributed by atoms with Crippen molar-refractivity contribution in [3.05, 3.63) is 76.9 Å². The quantitative estimate of drug-likeness (QED) is 0.745. The Labute approximate surface area is 123 Å². The van der Waals surface area contributed by atoms with Gasteiger partial charge in [0.15, 0.2) is 5.82 Å². The van der Waals surface area contributed by atoms with Gasteiger partial charge in [0.2, 0.25) is 5.89 Å². The number of anilines is 1. The van der Waals surface area contributed by atoms with Gasteiger partial charge in [-0.25, -0.2) is 0 Å². The molecule has 3 aromatic rings. The van der Waals surface area contributed by atoms with Crippen LogP contribution in [0.5, 0.6) is 0 Å². The highest BCUT2D eigenvalue weighted by Gasteiger charge is 2.09. The molecule has 0 radical (unpaired) electrons. The van der Waals surface area contributed by atoms with Crippen LogP contribution >= 0.6 is 0 Å². The molecule has 0 aliphatic heterocycles. The summed E-state index contributed by atoms with van der Waals surface area (Å²) in [5.41, 5.74) is 10.1. The van der Waals surface area contributed by atoms with Crippen LogP contribution in [0.2, 0.25) is 0 Å². The maximum atomic E-state index is 5.93. The van der Waals surface area contributed by atoms with Gasteiger partial charge in [0, 0.05) is 12.1 Å². The van der Waals surface area contributed by atoms with Gasteiger partial charge < -0.3 is 10.3 Å². The van der Waals surface area contributed by atoms with E-state index < -0.39 is 0 Å². The Morgan fingerprint density at radius 1 is 1.05 bits per heavy atom. The smallest absolute Gasteiger partial charge is 0.231 e. The number of aryl methyl sites for hydroxylation is 1. The highest BCUT2D eigenvalue weighted by Crippen LogP contribution is 2.16. The van der Waals surface area contributed by atoms with Gasteiger partial charge in [-0.1, -0.05) is 53.2 Å². The lowest BCUT2D eigenvalue weighted by atomic mass is 10.1. The van der Waals surface area contributed by atoms with Crippen molar-refractivity contribution in [1.82, 2.24) is 10.1 Å². The highest BCUT2D eigenvalue weighted by atomic mass is 16.5. The van der Waals surface area contributed by atoms with Gasteiger partial charge in [-0.15, -0.1) is 0 Å². The fourth-order valence-corrected chi connectivity index (χ4v) is 2.30. The molecule has 0 saturated heterocycles. The summed E-state index contributed by atoms with van der Waals surface area (Å²) in [5.74, 6) is 1.29. The summed E-state index contributed by atoms with van der Waals surface area (Å²) in [5, 5.41) is 4.04. The van der Waals surface area contributed by atoms with Crippen LogP contribution < -0.4 is 5.73 Å². The number of aromatic nitrogens is 2. The average Bonchev–Trinajstić information content (AvgIpc) is 2.89. The Morgan fingerprint density at radius 2 is 1.90 bits per heavy atom. The number of nitrogen functional groups attached to an aromatic ring is 1. The molecule has 4 heteroatoms. The summed E-state index contributed by atoms with van der Waals surface area (Å²) in [7, 11) is 0. The summed E-state index contributed by atoms with van der Waals surface area (Å²) >= 11 is 0. The molecule has 3 rings (SSSR count). The third-order valence-electron chi connectivity index (χ3n) is 3.35. The summed E-state index contributed by atoms with van der Waals surface area (Å²) in [6.45, 7) is 2.07. The fraction of sp³-hybridized carbons (Fsp3) is 0.176.